The van der Waals surface area contributed by atoms with Gasteiger partial charge >= 0.3 is 6.03 Å². The molecule has 7 heteroatoms. The first kappa shape index (κ1) is 23.6. The normalized spacial score (nSPS) is 19.0. The Morgan fingerprint density at radius 2 is 1.75 bits per heavy atom. The molecule has 2 aromatic rings. The summed E-state index contributed by atoms with van der Waals surface area (Å²) in [5, 5.41) is 5.88. The molecule has 172 valence electrons. The number of nitrogens with one attached hydrogen (secondary N) is 2. The van der Waals surface area contributed by atoms with E-state index in [1.165, 1.54) is 6.07 Å². The summed E-state index contributed by atoms with van der Waals surface area (Å²) in [6.07, 6.45) is 2.90. The molecule has 2 aromatic carbocycles. The zero-order valence-corrected chi connectivity index (χ0v) is 18.9. The molecular formula is C25H32FN3O3. The molecule has 0 spiro atoms. The lowest BCUT2D eigenvalue weighted by molar-refractivity contribution is -0.137. The number of carbonyl (C=O) groups is 2. The highest BCUT2D eigenvalue weighted by atomic mass is 19.1. The van der Waals surface area contributed by atoms with Crippen molar-refractivity contribution in [3.8, 4) is 5.75 Å². The number of methoxy groups -OCH3 is 1. The molecule has 1 aliphatic rings. The summed E-state index contributed by atoms with van der Waals surface area (Å²) in [5.74, 6) is 0.407. The van der Waals surface area contributed by atoms with Crippen LogP contribution in [0.2, 0.25) is 0 Å². The Morgan fingerprint density at radius 1 is 1.09 bits per heavy atom. The van der Waals surface area contributed by atoms with Crippen molar-refractivity contribution in [3.05, 3.63) is 65.5 Å². The predicted octanol–water partition coefficient (Wildman–Crippen LogP) is 4.41. The Morgan fingerprint density at radius 3 is 2.38 bits per heavy atom. The average Bonchev–Trinajstić information content (AvgIpc) is 2.82. The fourth-order valence-electron chi connectivity index (χ4n) is 4.15. The molecule has 0 unspecified atom stereocenters. The fourth-order valence-corrected chi connectivity index (χ4v) is 4.15. The van der Waals surface area contributed by atoms with Gasteiger partial charge in [0, 0.05) is 31.1 Å². The van der Waals surface area contributed by atoms with Gasteiger partial charge in [0.2, 0.25) is 5.91 Å². The van der Waals surface area contributed by atoms with Crippen molar-refractivity contribution in [2.45, 2.75) is 51.2 Å². The molecule has 3 amide bonds. The van der Waals surface area contributed by atoms with Gasteiger partial charge in [-0.3, -0.25) is 4.79 Å². The van der Waals surface area contributed by atoms with Crippen LogP contribution < -0.4 is 15.4 Å². The van der Waals surface area contributed by atoms with Crippen LogP contribution in [0.3, 0.4) is 0 Å². The van der Waals surface area contributed by atoms with Gasteiger partial charge < -0.3 is 20.3 Å². The van der Waals surface area contributed by atoms with E-state index in [2.05, 4.69) is 10.6 Å². The molecule has 1 saturated carbocycles. The highest BCUT2D eigenvalue weighted by Gasteiger charge is 2.31. The molecule has 0 aliphatic heterocycles. The molecule has 1 atom stereocenters. The second-order valence-corrected chi connectivity index (χ2v) is 8.37. The number of carbonyl (C=O) groups excluding carboxylic acids is 2. The molecule has 0 bridgehead atoms. The molecule has 1 fully saturated rings. The Balaban J connectivity index is 1.43. The van der Waals surface area contributed by atoms with E-state index < -0.39 is 0 Å². The van der Waals surface area contributed by atoms with Gasteiger partial charge in [0.1, 0.15) is 11.6 Å². The predicted molar refractivity (Wildman–Crippen MR) is 122 cm³/mol. The third kappa shape index (κ3) is 5.99. The molecule has 1 aliphatic carbocycles. The first-order chi connectivity index (χ1) is 15.4. The highest BCUT2D eigenvalue weighted by molar-refractivity contribution is 5.79. The molecule has 2 N–H and O–H groups in total. The molecule has 0 radical (unpaired) electrons. The standard InChI is InChI=1S/C25H32FN3O3/c1-17(22-6-4-5-7-23(22)26)29(2)24(30)19-10-12-20(13-11-19)28-25(31)27-16-18-8-14-21(32-3)15-9-18/h4-9,14-15,17,19-20H,10-13,16H2,1-3H3,(H2,27,28,31)/t17-,19?,20?/m0/s1. The smallest absolute Gasteiger partial charge is 0.315 e. The Bertz CT molecular complexity index is 911. The van der Waals surface area contributed by atoms with Crippen LogP contribution in [0.1, 0.15) is 49.8 Å². The number of ether oxygens (including phenoxy) is 1. The van der Waals surface area contributed by atoms with Gasteiger partial charge in [-0.15, -0.1) is 0 Å². The van der Waals surface area contributed by atoms with Crippen LogP contribution in [0, 0.1) is 11.7 Å². The van der Waals surface area contributed by atoms with E-state index in [1.54, 1.807) is 37.3 Å². The van der Waals surface area contributed by atoms with E-state index in [4.69, 9.17) is 4.74 Å². The monoisotopic (exact) mass is 441 g/mol. The zero-order valence-electron chi connectivity index (χ0n) is 18.9. The van der Waals surface area contributed by atoms with Crippen LogP contribution in [0.15, 0.2) is 48.5 Å². The minimum absolute atomic E-state index is 0.0307. The molecule has 0 aromatic heterocycles. The minimum Gasteiger partial charge on any atom is -0.497 e. The lowest BCUT2D eigenvalue weighted by Crippen LogP contribution is -2.45. The maximum absolute atomic E-state index is 14.1. The third-order valence-electron chi connectivity index (χ3n) is 6.31. The average molecular weight is 442 g/mol. The van der Waals surface area contributed by atoms with Crippen LogP contribution >= 0.6 is 0 Å². The molecule has 3 rings (SSSR count). The number of halogens is 1. The lowest BCUT2D eigenvalue weighted by atomic mass is 9.85. The van der Waals surface area contributed by atoms with Gasteiger partial charge in [-0.25, -0.2) is 9.18 Å². The number of hydrogen-bond acceptors (Lipinski definition) is 3. The summed E-state index contributed by atoms with van der Waals surface area (Å²) in [7, 11) is 3.35. The molecule has 0 heterocycles. The summed E-state index contributed by atoms with van der Waals surface area (Å²) in [4.78, 5) is 26.8. The number of benzene rings is 2. The largest absolute Gasteiger partial charge is 0.497 e. The van der Waals surface area contributed by atoms with Crippen LogP contribution in [-0.2, 0) is 11.3 Å². The van der Waals surface area contributed by atoms with Gasteiger partial charge in [-0.2, -0.15) is 0 Å². The van der Waals surface area contributed by atoms with Crippen LogP contribution in [0.4, 0.5) is 9.18 Å². The van der Waals surface area contributed by atoms with Crippen molar-refractivity contribution in [1.82, 2.24) is 15.5 Å². The number of rotatable bonds is 7. The van der Waals surface area contributed by atoms with Gasteiger partial charge in [0.15, 0.2) is 0 Å². The second kappa shape index (κ2) is 11.0. The first-order valence-corrected chi connectivity index (χ1v) is 11.1. The summed E-state index contributed by atoms with van der Waals surface area (Å²) in [6.45, 7) is 2.28. The third-order valence-corrected chi connectivity index (χ3v) is 6.31. The van der Waals surface area contributed by atoms with Crippen LogP contribution in [-0.4, -0.2) is 37.0 Å². The highest BCUT2D eigenvalue weighted by Crippen LogP contribution is 2.29. The van der Waals surface area contributed by atoms with E-state index in [0.717, 1.165) is 24.2 Å². The van der Waals surface area contributed by atoms with Gasteiger partial charge in [-0.1, -0.05) is 30.3 Å². The number of hydrogen-bond donors (Lipinski definition) is 2. The molecule has 0 saturated heterocycles. The maximum Gasteiger partial charge on any atom is 0.315 e. The maximum atomic E-state index is 14.1. The van der Waals surface area contributed by atoms with Crippen molar-refractivity contribution >= 4 is 11.9 Å². The van der Waals surface area contributed by atoms with Gasteiger partial charge in [0.05, 0.1) is 13.2 Å². The molecule has 32 heavy (non-hydrogen) atoms. The van der Waals surface area contributed by atoms with Crippen molar-refractivity contribution < 1.29 is 18.7 Å². The lowest BCUT2D eigenvalue weighted by Gasteiger charge is -2.33. The number of urea groups is 1. The minimum atomic E-state index is -0.330. The molecule has 6 nitrogen and oxygen atoms in total. The quantitative estimate of drug-likeness (QED) is 0.669. The number of nitrogens with zero attached hydrogens (tertiary/aromatic N) is 1. The number of amides is 3. The van der Waals surface area contributed by atoms with Crippen LogP contribution in [0.5, 0.6) is 5.75 Å². The second-order valence-electron chi connectivity index (χ2n) is 8.37. The molecular weight excluding hydrogens is 409 g/mol. The van der Waals surface area contributed by atoms with E-state index in [1.807, 2.05) is 31.2 Å². The summed E-state index contributed by atoms with van der Waals surface area (Å²) >= 11 is 0. The van der Waals surface area contributed by atoms with Gasteiger partial charge in [-0.05, 0) is 56.4 Å². The first-order valence-electron chi connectivity index (χ1n) is 11.1. The zero-order chi connectivity index (χ0) is 23.1. The topological polar surface area (TPSA) is 70.7 Å². The van der Waals surface area contributed by atoms with E-state index in [9.17, 15) is 14.0 Å². The van der Waals surface area contributed by atoms with Crippen molar-refractivity contribution in [1.29, 1.82) is 0 Å². The van der Waals surface area contributed by atoms with Crippen molar-refractivity contribution in [2.75, 3.05) is 14.2 Å². The Kier molecular flexibility index (Phi) is 8.09. The van der Waals surface area contributed by atoms with Crippen molar-refractivity contribution in [3.63, 3.8) is 0 Å². The Hall–Kier alpha value is -3.09. The van der Waals surface area contributed by atoms with Crippen LogP contribution in [0.25, 0.3) is 0 Å². The summed E-state index contributed by atoms with van der Waals surface area (Å²) in [6, 6.07) is 13.6. The van der Waals surface area contributed by atoms with Gasteiger partial charge in [0.25, 0.3) is 0 Å². The van der Waals surface area contributed by atoms with E-state index in [0.29, 0.717) is 24.9 Å². The van der Waals surface area contributed by atoms with E-state index >= 15 is 0 Å². The Labute approximate surface area is 189 Å². The fraction of sp³-hybridized carbons (Fsp3) is 0.440. The SMILES string of the molecule is COc1ccc(CNC(=O)NC2CCC(C(=O)N(C)[C@@H](C)c3ccccc3F)CC2)cc1. The van der Waals surface area contributed by atoms with Crippen molar-refractivity contribution in [2.24, 2.45) is 5.92 Å². The van der Waals surface area contributed by atoms with E-state index in [-0.39, 0.29) is 35.8 Å². The summed E-state index contributed by atoms with van der Waals surface area (Å²) in [5.41, 5.74) is 1.51. The summed E-state index contributed by atoms with van der Waals surface area (Å²) < 4.78 is 19.2.